The van der Waals surface area contributed by atoms with Gasteiger partial charge in [-0.05, 0) is 42.9 Å². The fourth-order valence-corrected chi connectivity index (χ4v) is 3.55. The number of hydrogen-bond donors (Lipinski definition) is 0. The van der Waals surface area contributed by atoms with E-state index in [-0.39, 0.29) is 18.1 Å². The van der Waals surface area contributed by atoms with E-state index >= 15 is 0 Å². The van der Waals surface area contributed by atoms with E-state index in [1.165, 1.54) is 19.2 Å². The lowest BCUT2D eigenvalue weighted by Crippen LogP contribution is -2.52. The first-order valence-corrected chi connectivity index (χ1v) is 10.3. The summed E-state index contributed by atoms with van der Waals surface area (Å²) in [6.07, 6.45) is 0. The van der Waals surface area contributed by atoms with Crippen LogP contribution in [0.5, 0.6) is 5.75 Å². The van der Waals surface area contributed by atoms with Crippen LogP contribution in [0, 0.1) is 5.82 Å². The SMILES string of the molecule is CCN1CCN(C(=O)N(Cc2ccc(C(=O)OC)cc2F)c2ccc(OC)cc2)CC1. The molecule has 166 valence electrons. The molecule has 1 aliphatic rings. The zero-order valence-corrected chi connectivity index (χ0v) is 18.1. The molecule has 2 aromatic carbocycles. The molecule has 1 saturated heterocycles. The van der Waals surface area contributed by atoms with Crippen molar-refractivity contribution in [3.63, 3.8) is 0 Å². The molecule has 0 N–H and O–H groups in total. The van der Waals surface area contributed by atoms with Crippen molar-refractivity contribution in [1.82, 2.24) is 9.80 Å². The number of piperazine rings is 1. The molecule has 1 aliphatic heterocycles. The van der Waals surface area contributed by atoms with Crippen molar-refractivity contribution < 1.29 is 23.5 Å². The van der Waals surface area contributed by atoms with Gasteiger partial charge in [0, 0.05) is 37.4 Å². The molecule has 1 heterocycles. The van der Waals surface area contributed by atoms with Gasteiger partial charge in [-0.15, -0.1) is 0 Å². The zero-order chi connectivity index (χ0) is 22.4. The summed E-state index contributed by atoms with van der Waals surface area (Å²) in [5.74, 6) is -0.506. The fraction of sp³-hybridized carbons (Fsp3) is 0.391. The van der Waals surface area contributed by atoms with Gasteiger partial charge in [0.15, 0.2) is 0 Å². The van der Waals surface area contributed by atoms with Crippen LogP contribution in [0.1, 0.15) is 22.8 Å². The van der Waals surface area contributed by atoms with Crippen LogP contribution >= 0.6 is 0 Å². The molecule has 0 spiro atoms. The summed E-state index contributed by atoms with van der Waals surface area (Å²) in [5, 5.41) is 0. The van der Waals surface area contributed by atoms with Gasteiger partial charge in [0.1, 0.15) is 11.6 Å². The number of nitrogens with zero attached hydrogens (tertiary/aromatic N) is 3. The Morgan fingerprint density at radius 3 is 2.26 bits per heavy atom. The predicted octanol–water partition coefficient (Wildman–Crippen LogP) is 3.39. The largest absolute Gasteiger partial charge is 0.497 e. The van der Waals surface area contributed by atoms with Crippen molar-refractivity contribution in [3.05, 3.63) is 59.4 Å². The number of urea groups is 1. The van der Waals surface area contributed by atoms with E-state index in [9.17, 15) is 14.0 Å². The van der Waals surface area contributed by atoms with Crippen LogP contribution in [-0.4, -0.2) is 68.7 Å². The van der Waals surface area contributed by atoms with Gasteiger partial charge in [0.25, 0.3) is 0 Å². The second kappa shape index (κ2) is 10.3. The van der Waals surface area contributed by atoms with Gasteiger partial charge < -0.3 is 19.3 Å². The maximum Gasteiger partial charge on any atom is 0.337 e. The number of methoxy groups -OCH3 is 2. The summed E-state index contributed by atoms with van der Waals surface area (Å²) in [7, 11) is 2.82. The number of benzene rings is 2. The van der Waals surface area contributed by atoms with E-state index in [1.807, 2.05) is 0 Å². The van der Waals surface area contributed by atoms with E-state index in [2.05, 4.69) is 16.6 Å². The number of esters is 1. The molecule has 8 heteroatoms. The first-order chi connectivity index (χ1) is 15.0. The Labute approximate surface area is 181 Å². The molecule has 2 amide bonds. The summed E-state index contributed by atoms with van der Waals surface area (Å²) in [4.78, 5) is 30.7. The fourth-order valence-electron chi connectivity index (χ4n) is 3.55. The van der Waals surface area contributed by atoms with Gasteiger partial charge >= 0.3 is 12.0 Å². The molecule has 0 bridgehead atoms. The highest BCUT2D eigenvalue weighted by molar-refractivity contribution is 5.92. The molecule has 2 aromatic rings. The molecular weight excluding hydrogens is 401 g/mol. The summed E-state index contributed by atoms with van der Waals surface area (Å²) in [5.41, 5.74) is 1.07. The number of hydrogen-bond acceptors (Lipinski definition) is 5. The van der Waals surface area contributed by atoms with Crippen molar-refractivity contribution in [2.45, 2.75) is 13.5 Å². The highest BCUT2D eigenvalue weighted by Crippen LogP contribution is 2.24. The van der Waals surface area contributed by atoms with Gasteiger partial charge in [-0.1, -0.05) is 13.0 Å². The first-order valence-electron chi connectivity index (χ1n) is 10.3. The van der Waals surface area contributed by atoms with Crippen molar-refractivity contribution in [2.75, 3.05) is 51.8 Å². The summed E-state index contributed by atoms with van der Waals surface area (Å²) in [6.45, 7) is 5.92. The Balaban J connectivity index is 1.87. The van der Waals surface area contributed by atoms with Crippen molar-refractivity contribution in [1.29, 1.82) is 0 Å². The lowest BCUT2D eigenvalue weighted by molar-refractivity contribution is 0.0600. The standard InChI is InChI=1S/C23H28FN3O4/c1-4-25-11-13-26(14-12-25)23(29)27(19-7-9-20(30-2)10-8-19)16-18-6-5-17(15-21(18)24)22(28)31-3/h5-10,15H,4,11-14,16H2,1-3H3. The molecule has 0 radical (unpaired) electrons. The monoisotopic (exact) mass is 429 g/mol. The summed E-state index contributed by atoms with van der Waals surface area (Å²) < 4.78 is 24.6. The van der Waals surface area contributed by atoms with Gasteiger partial charge in [-0.2, -0.15) is 0 Å². The van der Waals surface area contributed by atoms with Gasteiger partial charge in [0.05, 0.1) is 26.3 Å². The molecule has 31 heavy (non-hydrogen) atoms. The van der Waals surface area contributed by atoms with Crippen LogP contribution in [0.2, 0.25) is 0 Å². The number of amides is 2. The number of carbonyl (C=O) groups excluding carboxylic acids is 2. The highest BCUT2D eigenvalue weighted by atomic mass is 19.1. The smallest absolute Gasteiger partial charge is 0.337 e. The minimum Gasteiger partial charge on any atom is -0.497 e. The Kier molecular flexibility index (Phi) is 7.46. The van der Waals surface area contributed by atoms with E-state index in [0.717, 1.165) is 25.7 Å². The normalized spacial score (nSPS) is 14.3. The Hall–Kier alpha value is -3.13. The number of carbonyl (C=O) groups is 2. The molecule has 0 aromatic heterocycles. The highest BCUT2D eigenvalue weighted by Gasteiger charge is 2.27. The van der Waals surface area contributed by atoms with Gasteiger partial charge in [0.2, 0.25) is 0 Å². The molecule has 0 saturated carbocycles. The third-order valence-electron chi connectivity index (χ3n) is 5.51. The van der Waals surface area contributed by atoms with Crippen molar-refractivity contribution >= 4 is 17.7 Å². The quantitative estimate of drug-likeness (QED) is 0.659. The second-order valence-electron chi connectivity index (χ2n) is 7.29. The van der Waals surface area contributed by atoms with E-state index in [1.54, 1.807) is 41.2 Å². The lowest BCUT2D eigenvalue weighted by atomic mass is 10.1. The van der Waals surface area contributed by atoms with Crippen LogP contribution in [0.15, 0.2) is 42.5 Å². The van der Waals surface area contributed by atoms with Gasteiger partial charge in [-0.3, -0.25) is 4.90 Å². The Morgan fingerprint density at radius 1 is 1.03 bits per heavy atom. The first kappa shape index (κ1) is 22.6. The molecule has 7 nitrogen and oxygen atoms in total. The number of likely N-dealkylation sites (N-methyl/N-ethyl adjacent to an activating group) is 1. The molecule has 0 aliphatic carbocycles. The minimum atomic E-state index is -0.609. The lowest BCUT2D eigenvalue weighted by Gasteiger charge is -2.37. The third kappa shape index (κ3) is 5.32. The van der Waals surface area contributed by atoms with Crippen LogP contribution < -0.4 is 9.64 Å². The number of rotatable bonds is 6. The molecule has 0 unspecified atom stereocenters. The maximum atomic E-state index is 14.8. The van der Waals surface area contributed by atoms with Crippen molar-refractivity contribution in [3.8, 4) is 5.75 Å². The predicted molar refractivity (Wildman–Crippen MR) is 116 cm³/mol. The van der Waals surface area contributed by atoms with E-state index in [4.69, 9.17) is 4.74 Å². The second-order valence-corrected chi connectivity index (χ2v) is 7.29. The van der Waals surface area contributed by atoms with Crippen molar-refractivity contribution in [2.24, 2.45) is 0 Å². The van der Waals surface area contributed by atoms with Crippen LogP contribution in [0.25, 0.3) is 0 Å². The molecule has 1 fully saturated rings. The minimum absolute atomic E-state index is 0.0342. The number of anilines is 1. The van der Waals surface area contributed by atoms with Crippen LogP contribution in [-0.2, 0) is 11.3 Å². The summed E-state index contributed by atoms with van der Waals surface area (Å²) in [6, 6.07) is 11.1. The topological polar surface area (TPSA) is 62.3 Å². The molecular formula is C23H28FN3O4. The maximum absolute atomic E-state index is 14.8. The average molecular weight is 429 g/mol. The van der Waals surface area contributed by atoms with E-state index < -0.39 is 11.8 Å². The Morgan fingerprint density at radius 2 is 1.71 bits per heavy atom. The van der Waals surface area contributed by atoms with Gasteiger partial charge in [-0.25, -0.2) is 14.0 Å². The molecule has 0 atom stereocenters. The van der Waals surface area contributed by atoms with Crippen LogP contribution in [0.4, 0.5) is 14.9 Å². The third-order valence-corrected chi connectivity index (χ3v) is 5.51. The average Bonchev–Trinajstić information content (AvgIpc) is 2.82. The molecule has 3 rings (SSSR count). The van der Waals surface area contributed by atoms with E-state index in [0.29, 0.717) is 30.1 Å². The van der Waals surface area contributed by atoms with Crippen LogP contribution in [0.3, 0.4) is 0 Å². The summed E-state index contributed by atoms with van der Waals surface area (Å²) >= 11 is 0. The zero-order valence-electron chi connectivity index (χ0n) is 18.1. The number of ether oxygens (including phenoxy) is 2. The Bertz CT molecular complexity index is 912. The number of halogens is 1.